The Labute approximate surface area is 353 Å². The maximum atomic E-state index is 14.0. The molecule has 2 aliphatic rings. The Morgan fingerprint density at radius 3 is 1.83 bits per heavy atom. The number of hydrogen-bond acceptors (Lipinski definition) is 8. The van der Waals surface area contributed by atoms with Gasteiger partial charge < -0.3 is 33.7 Å². The van der Waals surface area contributed by atoms with Crippen LogP contribution in [0.4, 0.5) is 4.79 Å². The number of nitrogens with zero attached hydrogens (tertiary/aromatic N) is 1. The number of carbonyl (C=O) groups excluding carboxylic acids is 2. The van der Waals surface area contributed by atoms with Gasteiger partial charge in [-0.25, -0.2) is 4.79 Å². The van der Waals surface area contributed by atoms with Gasteiger partial charge in [0.2, 0.25) is 5.91 Å². The number of likely N-dealkylation sites (tertiary alicyclic amines) is 1. The molecule has 2 saturated heterocycles. The second-order valence-electron chi connectivity index (χ2n) is 17.3. The molecule has 2 fully saturated rings. The van der Waals surface area contributed by atoms with Crippen molar-refractivity contribution in [3.05, 3.63) is 108 Å². The second-order valence-corrected chi connectivity index (χ2v) is 17.3. The summed E-state index contributed by atoms with van der Waals surface area (Å²) in [6, 6.07) is 29.9. The fourth-order valence-corrected chi connectivity index (χ4v) is 8.11. The van der Waals surface area contributed by atoms with Crippen molar-refractivity contribution in [1.29, 1.82) is 0 Å². The molecule has 0 radical (unpaired) electrons. The highest BCUT2D eigenvalue weighted by Crippen LogP contribution is 2.35. The molecule has 59 heavy (non-hydrogen) atoms. The largest absolute Gasteiger partial charge is 0.444 e. The van der Waals surface area contributed by atoms with Crippen molar-refractivity contribution in [3.8, 4) is 0 Å². The lowest BCUT2D eigenvalue weighted by Crippen LogP contribution is -2.60. The van der Waals surface area contributed by atoms with Crippen LogP contribution in [0, 0.1) is 11.8 Å². The number of unbranched alkanes of at least 4 members (excludes halogenated alkanes) is 2. The molecule has 3 aromatic rings. The molecule has 324 valence electrons. The molecule has 0 saturated carbocycles. The Bertz CT molecular complexity index is 1640. The molecule has 5 rings (SSSR count). The first-order chi connectivity index (χ1) is 28.5. The van der Waals surface area contributed by atoms with Gasteiger partial charge >= 0.3 is 6.09 Å². The van der Waals surface area contributed by atoms with E-state index in [2.05, 4.69) is 55.6 Å². The highest BCUT2D eigenvalue weighted by atomic mass is 16.6. The minimum atomic E-state index is -0.652. The number of rotatable bonds is 22. The van der Waals surface area contributed by atoms with Gasteiger partial charge in [0.15, 0.2) is 0 Å². The van der Waals surface area contributed by atoms with Crippen molar-refractivity contribution in [1.82, 2.24) is 10.2 Å². The molecule has 10 heteroatoms. The van der Waals surface area contributed by atoms with Crippen molar-refractivity contribution in [2.75, 3.05) is 26.3 Å². The summed E-state index contributed by atoms with van der Waals surface area (Å²) >= 11 is 0. The molecule has 2 heterocycles. The quantitative estimate of drug-likeness (QED) is 0.100. The van der Waals surface area contributed by atoms with E-state index < -0.39 is 36.0 Å². The average Bonchev–Trinajstić information content (AvgIpc) is 3.66. The van der Waals surface area contributed by atoms with Crippen LogP contribution in [0.15, 0.2) is 91.0 Å². The highest BCUT2D eigenvalue weighted by Gasteiger charge is 2.48. The number of nitrogens with one attached hydrogen (secondary N) is 1. The van der Waals surface area contributed by atoms with Crippen LogP contribution in [0.5, 0.6) is 0 Å². The zero-order valence-electron chi connectivity index (χ0n) is 36.4. The van der Waals surface area contributed by atoms with Crippen LogP contribution in [-0.2, 0) is 53.0 Å². The topological polar surface area (TPSA) is 105 Å². The van der Waals surface area contributed by atoms with Crippen molar-refractivity contribution in [2.24, 2.45) is 11.8 Å². The summed E-state index contributed by atoms with van der Waals surface area (Å²) in [7, 11) is 0. The Morgan fingerprint density at radius 2 is 1.31 bits per heavy atom. The summed E-state index contributed by atoms with van der Waals surface area (Å²) in [5.41, 5.74) is 2.51. The van der Waals surface area contributed by atoms with E-state index in [0.29, 0.717) is 65.4 Å². The number of amides is 2. The van der Waals surface area contributed by atoms with Crippen molar-refractivity contribution >= 4 is 12.0 Å². The molecule has 0 aliphatic carbocycles. The van der Waals surface area contributed by atoms with E-state index in [1.54, 1.807) is 4.90 Å². The van der Waals surface area contributed by atoms with Gasteiger partial charge in [-0.15, -0.1) is 0 Å². The van der Waals surface area contributed by atoms with Crippen LogP contribution < -0.4 is 5.32 Å². The van der Waals surface area contributed by atoms with E-state index in [1.807, 2.05) is 82.3 Å². The van der Waals surface area contributed by atoms with Crippen molar-refractivity contribution < 1.29 is 38.0 Å². The highest BCUT2D eigenvalue weighted by molar-refractivity contribution is 5.86. The van der Waals surface area contributed by atoms with E-state index in [9.17, 15) is 9.59 Å². The van der Waals surface area contributed by atoms with Gasteiger partial charge in [0.1, 0.15) is 30.0 Å². The van der Waals surface area contributed by atoms with E-state index in [-0.39, 0.29) is 30.0 Å². The van der Waals surface area contributed by atoms with Crippen LogP contribution in [0.2, 0.25) is 0 Å². The van der Waals surface area contributed by atoms with Gasteiger partial charge in [0.25, 0.3) is 0 Å². The minimum absolute atomic E-state index is 0.00704. The molecule has 0 bridgehead atoms. The lowest BCUT2D eigenvalue weighted by molar-refractivity contribution is -0.269. The SMILES string of the molecule is CCCCCC1CC(C(=O)NCC(C)CC2OC(CCOCC)C(OCc3ccccc3)C(OCc3ccccc3)C2OCc2ccccc2)N(C(=O)OC(C)(C)C)C1. The van der Waals surface area contributed by atoms with Gasteiger partial charge in [-0.2, -0.15) is 0 Å². The van der Waals surface area contributed by atoms with Crippen LogP contribution in [0.1, 0.15) is 103 Å². The van der Waals surface area contributed by atoms with E-state index in [1.165, 1.54) is 0 Å². The van der Waals surface area contributed by atoms with Crippen molar-refractivity contribution in [2.45, 2.75) is 148 Å². The predicted molar refractivity (Wildman–Crippen MR) is 231 cm³/mol. The molecular weight excluding hydrogens is 745 g/mol. The standard InChI is InChI=1S/C49H70N2O8/c1-7-9-13-26-40-30-41(51(32-40)48(53)59-49(4,5)6)47(52)50-31-36(3)29-43-45(56-34-38-22-16-11-17-23-38)46(57-35-39-24-18-12-19-25-39)44(42(58-43)27-28-54-8-2)55-33-37-20-14-10-15-21-37/h10-12,14-25,36,40-46H,7-9,13,26-35H2,1-6H3,(H,50,52). The third-order valence-electron chi connectivity index (χ3n) is 11.1. The first-order valence-electron chi connectivity index (χ1n) is 22.0. The molecule has 0 spiro atoms. The zero-order chi connectivity index (χ0) is 42.0. The molecule has 8 atom stereocenters. The maximum Gasteiger partial charge on any atom is 0.410 e. The van der Waals surface area contributed by atoms with Gasteiger partial charge in [0.05, 0.1) is 32.0 Å². The van der Waals surface area contributed by atoms with E-state index in [0.717, 1.165) is 42.4 Å². The Morgan fingerprint density at radius 1 is 0.763 bits per heavy atom. The maximum absolute atomic E-state index is 14.0. The first-order valence-corrected chi connectivity index (χ1v) is 22.0. The number of benzene rings is 3. The Balaban J connectivity index is 1.36. The summed E-state index contributed by atoms with van der Waals surface area (Å²) in [6.45, 7) is 15.1. The fourth-order valence-electron chi connectivity index (χ4n) is 8.11. The van der Waals surface area contributed by atoms with Gasteiger partial charge in [-0.05, 0) is 81.9 Å². The third-order valence-corrected chi connectivity index (χ3v) is 11.1. The molecule has 10 nitrogen and oxygen atoms in total. The van der Waals surface area contributed by atoms with Gasteiger partial charge in [0, 0.05) is 26.3 Å². The smallest absolute Gasteiger partial charge is 0.410 e. The number of carbonyl (C=O) groups is 2. The van der Waals surface area contributed by atoms with Crippen LogP contribution >= 0.6 is 0 Å². The van der Waals surface area contributed by atoms with E-state index in [4.69, 9.17) is 28.4 Å². The van der Waals surface area contributed by atoms with Crippen LogP contribution in [0.3, 0.4) is 0 Å². The monoisotopic (exact) mass is 815 g/mol. The van der Waals surface area contributed by atoms with Gasteiger partial charge in [-0.1, -0.05) is 124 Å². The molecule has 2 amide bonds. The number of hydrogen-bond donors (Lipinski definition) is 1. The summed E-state index contributed by atoms with van der Waals surface area (Å²) in [4.78, 5) is 29.0. The summed E-state index contributed by atoms with van der Waals surface area (Å²) in [6.07, 6.45) is 3.66. The average molecular weight is 815 g/mol. The zero-order valence-corrected chi connectivity index (χ0v) is 36.4. The van der Waals surface area contributed by atoms with E-state index >= 15 is 0 Å². The minimum Gasteiger partial charge on any atom is -0.444 e. The summed E-state index contributed by atoms with van der Waals surface area (Å²) < 4.78 is 39.3. The molecule has 8 unspecified atom stereocenters. The molecule has 3 aromatic carbocycles. The summed E-state index contributed by atoms with van der Waals surface area (Å²) in [5, 5.41) is 3.22. The normalized spacial score (nSPS) is 23.8. The fraction of sp³-hybridized carbons (Fsp3) is 0.592. The van der Waals surface area contributed by atoms with Crippen LogP contribution in [-0.4, -0.2) is 85.4 Å². The Hall–Kier alpha value is -3.80. The first kappa shape index (κ1) is 46.3. The number of ether oxygens (including phenoxy) is 6. The summed E-state index contributed by atoms with van der Waals surface area (Å²) in [5.74, 6) is 0.127. The van der Waals surface area contributed by atoms with Crippen molar-refractivity contribution in [3.63, 3.8) is 0 Å². The van der Waals surface area contributed by atoms with Crippen LogP contribution in [0.25, 0.3) is 0 Å². The second kappa shape index (κ2) is 23.8. The molecule has 1 N–H and O–H groups in total. The van der Waals surface area contributed by atoms with Gasteiger partial charge in [-0.3, -0.25) is 9.69 Å². The lowest BCUT2D eigenvalue weighted by Gasteiger charge is -2.47. The predicted octanol–water partition coefficient (Wildman–Crippen LogP) is 9.28. The molecular formula is C49H70N2O8. The lowest BCUT2D eigenvalue weighted by atomic mass is 9.88. The third kappa shape index (κ3) is 15.0. The molecule has 0 aromatic heterocycles. The molecule has 2 aliphatic heterocycles. The Kier molecular flexibility index (Phi) is 18.7.